The van der Waals surface area contributed by atoms with Crippen LogP contribution in [0.25, 0.3) is 5.69 Å². The Morgan fingerprint density at radius 2 is 1.95 bits per heavy atom. The molecule has 2 heterocycles. The minimum absolute atomic E-state index is 0.290. The molecule has 0 radical (unpaired) electrons. The van der Waals surface area contributed by atoms with Crippen molar-refractivity contribution in [2.45, 2.75) is 0 Å². The second-order valence-electron chi connectivity index (χ2n) is 4.58. The highest BCUT2D eigenvalue weighted by Gasteiger charge is 2.03. The van der Waals surface area contributed by atoms with Gasteiger partial charge in [0.2, 0.25) is 0 Å². The van der Waals surface area contributed by atoms with Gasteiger partial charge in [0.05, 0.1) is 17.5 Å². The number of para-hydroxylation sites is 1. The number of amides is 1. The maximum atomic E-state index is 11.9. The molecule has 0 atom stereocenters. The molecule has 1 N–H and O–H groups in total. The highest BCUT2D eigenvalue weighted by atomic mass is 16.2. The SMILES string of the molecule is O=C(NN=Cc1cccn1-c1ccccc1)c1cccnc1. The van der Waals surface area contributed by atoms with Gasteiger partial charge in [-0.3, -0.25) is 9.78 Å². The summed E-state index contributed by atoms with van der Waals surface area (Å²) in [5.74, 6) is -0.290. The molecule has 5 heteroatoms. The van der Waals surface area contributed by atoms with Crippen LogP contribution in [0.3, 0.4) is 0 Å². The molecule has 0 unspecified atom stereocenters. The molecule has 1 amide bonds. The van der Waals surface area contributed by atoms with Gasteiger partial charge in [-0.1, -0.05) is 18.2 Å². The van der Waals surface area contributed by atoms with Gasteiger partial charge < -0.3 is 4.57 Å². The van der Waals surface area contributed by atoms with Crippen molar-refractivity contribution in [3.8, 4) is 5.69 Å². The number of hydrogen-bond acceptors (Lipinski definition) is 3. The van der Waals surface area contributed by atoms with Gasteiger partial charge in [0.15, 0.2) is 0 Å². The second kappa shape index (κ2) is 6.49. The summed E-state index contributed by atoms with van der Waals surface area (Å²) in [6, 6.07) is 17.2. The summed E-state index contributed by atoms with van der Waals surface area (Å²) in [6.07, 6.45) is 6.67. The number of aromatic nitrogens is 2. The Bertz CT molecular complexity index is 779. The second-order valence-corrected chi connectivity index (χ2v) is 4.58. The average Bonchev–Trinajstić information content (AvgIpc) is 3.05. The van der Waals surface area contributed by atoms with Crippen LogP contribution < -0.4 is 5.43 Å². The first kappa shape index (κ1) is 13.8. The molecule has 0 aliphatic carbocycles. The highest BCUT2D eigenvalue weighted by Crippen LogP contribution is 2.10. The Labute approximate surface area is 127 Å². The molecule has 2 aromatic heterocycles. The molecule has 0 saturated carbocycles. The lowest BCUT2D eigenvalue weighted by Gasteiger charge is -2.05. The van der Waals surface area contributed by atoms with Crippen LogP contribution in [0.15, 0.2) is 78.3 Å². The van der Waals surface area contributed by atoms with Crippen LogP contribution in [0, 0.1) is 0 Å². The summed E-state index contributed by atoms with van der Waals surface area (Å²) in [5.41, 5.74) is 4.87. The molecule has 0 bridgehead atoms. The summed E-state index contributed by atoms with van der Waals surface area (Å²) < 4.78 is 1.99. The first-order valence-electron chi connectivity index (χ1n) is 6.81. The quantitative estimate of drug-likeness (QED) is 0.593. The summed E-state index contributed by atoms with van der Waals surface area (Å²) in [4.78, 5) is 15.8. The first-order chi connectivity index (χ1) is 10.8. The molecule has 5 nitrogen and oxygen atoms in total. The van der Waals surface area contributed by atoms with Crippen molar-refractivity contribution in [1.82, 2.24) is 15.0 Å². The molecule has 0 aliphatic rings. The summed E-state index contributed by atoms with van der Waals surface area (Å²) in [7, 11) is 0. The molecule has 0 spiro atoms. The Balaban J connectivity index is 1.72. The Hall–Kier alpha value is -3.21. The van der Waals surface area contributed by atoms with Crippen LogP contribution in [0.1, 0.15) is 16.1 Å². The van der Waals surface area contributed by atoms with Crippen molar-refractivity contribution in [1.29, 1.82) is 0 Å². The molecule has 22 heavy (non-hydrogen) atoms. The Morgan fingerprint density at radius 1 is 1.09 bits per heavy atom. The van der Waals surface area contributed by atoms with E-state index in [0.717, 1.165) is 11.4 Å². The number of nitrogens with zero attached hydrogens (tertiary/aromatic N) is 3. The van der Waals surface area contributed by atoms with Gasteiger partial charge in [-0.2, -0.15) is 5.10 Å². The molecule has 0 fully saturated rings. The van der Waals surface area contributed by atoms with E-state index < -0.39 is 0 Å². The molecule has 0 saturated heterocycles. The number of hydrogen-bond donors (Lipinski definition) is 1. The summed E-state index contributed by atoms with van der Waals surface area (Å²) in [6.45, 7) is 0. The lowest BCUT2D eigenvalue weighted by atomic mass is 10.3. The maximum Gasteiger partial charge on any atom is 0.272 e. The molecular formula is C17H14N4O. The highest BCUT2D eigenvalue weighted by molar-refractivity contribution is 5.94. The van der Waals surface area contributed by atoms with Gasteiger partial charge in [0.25, 0.3) is 5.91 Å². The lowest BCUT2D eigenvalue weighted by molar-refractivity contribution is 0.0955. The largest absolute Gasteiger partial charge is 0.316 e. The van der Waals surface area contributed by atoms with E-state index in [1.165, 1.54) is 6.20 Å². The third-order valence-corrected chi connectivity index (χ3v) is 3.10. The van der Waals surface area contributed by atoms with E-state index in [4.69, 9.17) is 0 Å². The van der Waals surface area contributed by atoms with Crippen molar-refractivity contribution in [3.63, 3.8) is 0 Å². The Morgan fingerprint density at radius 3 is 2.73 bits per heavy atom. The molecule has 1 aromatic carbocycles. The number of nitrogens with one attached hydrogen (secondary N) is 1. The fraction of sp³-hybridized carbons (Fsp3) is 0. The third-order valence-electron chi connectivity index (χ3n) is 3.10. The number of rotatable bonds is 4. The van der Waals surface area contributed by atoms with Crippen LogP contribution in [0.4, 0.5) is 0 Å². The first-order valence-corrected chi connectivity index (χ1v) is 6.81. The summed E-state index contributed by atoms with van der Waals surface area (Å²) >= 11 is 0. The Kier molecular flexibility index (Phi) is 4.06. The number of hydrazone groups is 1. The number of carbonyl (C=O) groups is 1. The van der Waals surface area contributed by atoms with E-state index >= 15 is 0 Å². The molecule has 3 rings (SSSR count). The van der Waals surface area contributed by atoms with E-state index in [1.54, 1.807) is 24.5 Å². The zero-order chi connectivity index (χ0) is 15.2. The zero-order valence-corrected chi connectivity index (χ0v) is 11.8. The van der Waals surface area contributed by atoms with Gasteiger partial charge in [-0.15, -0.1) is 0 Å². The van der Waals surface area contributed by atoms with Gasteiger partial charge in [-0.25, -0.2) is 5.43 Å². The van der Waals surface area contributed by atoms with Gasteiger partial charge >= 0.3 is 0 Å². The topological polar surface area (TPSA) is 59.3 Å². The van der Waals surface area contributed by atoms with Crippen LogP contribution in [-0.2, 0) is 0 Å². The minimum Gasteiger partial charge on any atom is -0.316 e. The fourth-order valence-electron chi connectivity index (χ4n) is 2.04. The van der Waals surface area contributed by atoms with E-state index in [1.807, 2.05) is 53.2 Å². The minimum atomic E-state index is -0.290. The van der Waals surface area contributed by atoms with Crippen molar-refractivity contribution in [2.75, 3.05) is 0 Å². The van der Waals surface area contributed by atoms with Gasteiger partial charge in [0.1, 0.15) is 0 Å². The molecule has 0 aliphatic heterocycles. The van der Waals surface area contributed by atoms with E-state index in [0.29, 0.717) is 5.56 Å². The predicted octanol–water partition coefficient (Wildman–Crippen LogP) is 2.64. The van der Waals surface area contributed by atoms with Crippen LogP contribution in [0.2, 0.25) is 0 Å². The fourth-order valence-corrected chi connectivity index (χ4v) is 2.04. The number of pyridine rings is 1. The van der Waals surface area contributed by atoms with E-state index in [2.05, 4.69) is 15.5 Å². The molecule has 108 valence electrons. The van der Waals surface area contributed by atoms with Gasteiger partial charge in [0, 0.05) is 24.3 Å². The maximum absolute atomic E-state index is 11.9. The smallest absolute Gasteiger partial charge is 0.272 e. The van der Waals surface area contributed by atoms with Crippen molar-refractivity contribution >= 4 is 12.1 Å². The zero-order valence-electron chi connectivity index (χ0n) is 11.8. The number of carbonyl (C=O) groups excluding carboxylic acids is 1. The van der Waals surface area contributed by atoms with Crippen molar-refractivity contribution < 1.29 is 4.79 Å². The van der Waals surface area contributed by atoms with Crippen LogP contribution in [-0.4, -0.2) is 21.7 Å². The third kappa shape index (κ3) is 3.09. The standard InChI is InChI=1S/C17H14N4O/c22-17(14-6-4-10-18-12-14)20-19-13-16-9-5-11-21(16)15-7-2-1-3-8-15/h1-13H,(H,20,22). The van der Waals surface area contributed by atoms with Crippen LogP contribution >= 0.6 is 0 Å². The summed E-state index contributed by atoms with van der Waals surface area (Å²) in [5, 5.41) is 4.00. The predicted molar refractivity (Wildman–Crippen MR) is 85.1 cm³/mol. The molecule has 3 aromatic rings. The average molecular weight is 290 g/mol. The van der Waals surface area contributed by atoms with Gasteiger partial charge in [-0.05, 0) is 36.4 Å². The molecular weight excluding hydrogens is 276 g/mol. The monoisotopic (exact) mass is 290 g/mol. The van der Waals surface area contributed by atoms with Crippen molar-refractivity contribution in [2.24, 2.45) is 5.10 Å². The van der Waals surface area contributed by atoms with E-state index in [-0.39, 0.29) is 5.91 Å². The lowest BCUT2D eigenvalue weighted by Crippen LogP contribution is -2.17. The van der Waals surface area contributed by atoms with E-state index in [9.17, 15) is 4.79 Å². The van der Waals surface area contributed by atoms with Crippen LogP contribution in [0.5, 0.6) is 0 Å². The number of benzene rings is 1. The normalized spacial score (nSPS) is 10.7. The van der Waals surface area contributed by atoms with Crippen molar-refractivity contribution in [3.05, 3.63) is 84.4 Å².